The summed E-state index contributed by atoms with van der Waals surface area (Å²) in [6.45, 7) is 2.41. The van der Waals surface area contributed by atoms with Crippen molar-refractivity contribution in [2.24, 2.45) is 7.05 Å². The fraction of sp³-hybridized carbons (Fsp3) is 0.500. The van der Waals surface area contributed by atoms with Crippen LogP contribution in [0.15, 0.2) is 6.33 Å². The van der Waals surface area contributed by atoms with E-state index in [1.54, 1.807) is 6.33 Å². The van der Waals surface area contributed by atoms with E-state index in [0.717, 1.165) is 12.2 Å². The van der Waals surface area contributed by atoms with E-state index in [-0.39, 0.29) is 11.7 Å². The maximum atomic E-state index is 11.7. The Balaban J connectivity index is 1.83. The number of nitrogens with zero attached hydrogens (tertiary/aromatic N) is 5. The molecule has 0 bridgehead atoms. The van der Waals surface area contributed by atoms with E-state index < -0.39 is 0 Å². The summed E-state index contributed by atoms with van der Waals surface area (Å²) in [5.74, 6) is 1.41. The van der Waals surface area contributed by atoms with Gasteiger partial charge in [-0.25, -0.2) is 4.98 Å². The topological polar surface area (TPSA) is 101 Å². The fourth-order valence-corrected chi connectivity index (χ4v) is 1.46. The molecule has 0 aromatic carbocycles. The Kier molecular flexibility index (Phi) is 3.66. The van der Waals surface area contributed by atoms with E-state index in [2.05, 4.69) is 30.7 Å². The molecule has 0 radical (unpaired) electrons. The molecule has 8 nitrogen and oxygen atoms in total. The molecule has 0 saturated heterocycles. The van der Waals surface area contributed by atoms with Gasteiger partial charge in [0, 0.05) is 26.4 Å². The zero-order valence-corrected chi connectivity index (χ0v) is 10.3. The summed E-state index contributed by atoms with van der Waals surface area (Å²) in [7, 11) is 1.86. The molecule has 2 rings (SSSR count). The van der Waals surface area contributed by atoms with Crippen LogP contribution in [0, 0.1) is 0 Å². The molecule has 2 aromatic rings. The van der Waals surface area contributed by atoms with Crippen molar-refractivity contribution >= 4 is 5.91 Å². The van der Waals surface area contributed by atoms with E-state index in [0.29, 0.717) is 18.8 Å². The van der Waals surface area contributed by atoms with Crippen LogP contribution in [-0.4, -0.2) is 42.4 Å². The van der Waals surface area contributed by atoms with Gasteiger partial charge in [0.1, 0.15) is 18.0 Å². The number of aromatic nitrogens is 6. The second kappa shape index (κ2) is 5.39. The van der Waals surface area contributed by atoms with E-state index in [1.165, 1.54) is 0 Å². The van der Waals surface area contributed by atoms with Gasteiger partial charge in [0.2, 0.25) is 5.82 Å². The SMILES string of the molecule is CCc1nc(C(=O)NCCc2nncn2C)n[nH]1. The van der Waals surface area contributed by atoms with Crippen LogP contribution in [0.2, 0.25) is 0 Å². The van der Waals surface area contributed by atoms with Gasteiger partial charge in [-0.05, 0) is 0 Å². The third-order valence-electron chi connectivity index (χ3n) is 2.51. The molecule has 0 aliphatic rings. The van der Waals surface area contributed by atoms with Gasteiger partial charge in [0.15, 0.2) is 0 Å². The molecule has 96 valence electrons. The maximum Gasteiger partial charge on any atom is 0.290 e. The molecule has 0 aliphatic carbocycles. The van der Waals surface area contributed by atoms with Crippen LogP contribution in [0.25, 0.3) is 0 Å². The molecule has 0 atom stereocenters. The molecule has 0 spiro atoms. The number of carbonyl (C=O) groups excluding carboxylic acids is 1. The minimum atomic E-state index is -0.284. The fourth-order valence-electron chi connectivity index (χ4n) is 1.46. The second-order valence-electron chi connectivity index (χ2n) is 3.82. The van der Waals surface area contributed by atoms with E-state index in [9.17, 15) is 4.79 Å². The number of nitrogens with one attached hydrogen (secondary N) is 2. The third-order valence-corrected chi connectivity index (χ3v) is 2.51. The minimum absolute atomic E-state index is 0.171. The first-order chi connectivity index (χ1) is 8.70. The highest BCUT2D eigenvalue weighted by molar-refractivity contribution is 5.90. The number of hydrogen-bond donors (Lipinski definition) is 2. The number of rotatable bonds is 5. The van der Waals surface area contributed by atoms with Gasteiger partial charge in [0.05, 0.1) is 0 Å². The summed E-state index contributed by atoms with van der Waals surface area (Å²) < 4.78 is 1.81. The highest BCUT2D eigenvalue weighted by Gasteiger charge is 2.11. The van der Waals surface area contributed by atoms with Gasteiger partial charge in [-0.2, -0.15) is 0 Å². The number of aryl methyl sites for hydroxylation is 2. The smallest absolute Gasteiger partial charge is 0.290 e. The first-order valence-electron chi connectivity index (χ1n) is 5.73. The molecule has 0 unspecified atom stereocenters. The lowest BCUT2D eigenvalue weighted by Crippen LogP contribution is -2.27. The highest BCUT2D eigenvalue weighted by Crippen LogP contribution is 1.95. The Morgan fingerprint density at radius 3 is 3.00 bits per heavy atom. The Hall–Kier alpha value is -2.25. The van der Waals surface area contributed by atoms with Crippen LogP contribution >= 0.6 is 0 Å². The lowest BCUT2D eigenvalue weighted by atomic mass is 10.4. The van der Waals surface area contributed by atoms with E-state index >= 15 is 0 Å². The number of H-pyrrole nitrogens is 1. The molecule has 2 aromatic heterocycles. The molecule has 8 heteroatoms. The molecule has 0 aliphatic heterocycles. The number of hydrogen-bond acceptors (Lipinski definition) is 5. The predicted octanol–water partition coefficient (Wildman–Crippen LogP) is -0.532. The normalized spacial score (nSPS) is 10.6. The Bertz CT molecular complexity index is 530. The lowest BCUT2D eigenvalue weighted by molar-refractivity contribution is 0.0944. The molecule has 0 fully saturated rings. The molecular weight excluding hydrogens is 234 g/mol. The first kappa shape index (κ1) is 12.2. The Morgan fingerprint density at radius 1 is 1.56 bits per heavy atom. The van der Waals surface area contributed by atoms with Gasteiger partial charge in [-0.15, -0.1) is 15.3 Å². The summed E-state index contributed by atoms with van der Waals surface area (Å²) in [4.78, 5) is 15.7. The molecule has 2 heterocycles. The standard InChI is InChI=1S/C10H15N7O/c1-3-7-13-9(16-14-7)10(18)11-5-4-8-15-12-6-17(8)2/h6H,3-5H2,1-2H3,(H,11,18)(H,13,14,16). The van der Waals surface area contributed by atoms with Crippen LogP contribution in [0.5, 0.6) is 0 Å². The maximum absolute atomic E-state index is 11.7. The zero-order valence-electron chi connectivity index (χ0n) is 10.3. The van der Waals surface area contributed by atoms with Crippen molar-refractivity contribution in [1.82, 2.24) is 35.3 Å². The Morgan fingerprint density at radius 2 is 2.39 bits per heavy atom. The van der Waals surface area contributed by atoms with Crippen molar-refractivity contribution in [3.63, 3.8) is 0 Å². The van der Waals surface area contributed by atoms with Crippen LogP contribution in [-0.2, 0) is 19.9 Å². The second-order valence-corrected chi connectivity index (χ2v) is 3.82. The highest BCUT2D eigenvalue weighted by atomic mass is 16.2. The monoisotopic (exact) mass is 249 g/mol. The number of amides is 1. The lowest BCUT2D eigenvalue weighted by Gasteiger charge is -2.01. The summed E-state index contributed by atoms with van der Waals surface area (Å²) in [6.07, 6.45) is 2.96. The van der Waals surface area contributed by atoms with Crippen LogP contribution in [0.1, 0.15) is 29.2 Å². The van der Waals surface area contributed by atoms with Crippen LogP contribution < -0.4 is 5.32 Å². The average molecular weight is 249 g/mol. The summed E-state index contributed by atoms with van der Waals surface area (Å²) in [5, 5.41) is 17.0. The summed E-state index contributed by atoms with van der Waals surface area (Å²) in [5.41, 5.74) is 0. The van der Waals surface area contributed by atoms with Gasteiger partial charge in [0.25, 0.3) is 5.91 Å². The summed E-state index contributed by atoms with van der Waals surface area (Å²) >= 11 is 0. The molecular formula is C10H15N7O. The van der Waals surface area contributed by atoms with Gasteiger partial charge in [-0.3, -0.25) is 9.89 Å². The largest absolute Gasteiger partial charge is 0.349 e. The van der Waals surface area contributed by atoms with E-state index in [1.807, 2.05) is 18.5 Å². The summed E-state index contributed by atoms with van der Waals surface area (Å²) in [6, 6.07) is 0. The Labute approximate surface area is 104 Å². The van der Waals surface area contributed by atoms with Crippen molar-refractivity contribution in [2.45, 2.75) is 19.8 Å². The molecule has 18 heavy (non-hydrogen) atoms. The molecule has 1 amide bonds. The molecule has 2 N–H and O–H groups in total. The minimum Gasteiger partial charge on any atom is -0.349 e. The van der Waals surface area contributed by atoms with Gasteiger partial charge in [-0.1, -0.05) is 6.92 Å². The van der Waals surface area contributed by atoms with Crippen molar-refractivity contribution in [1.29, 1.82) is 0 Å². The third kappa shape index (κ3) is 2.70. The van der Waals surface area contributed by atoms with Gasteiger partial charge >= 0.3 is 0 Å². The first-order valence-corrected chi connectivity index (χ1v) is 5.73. The van der Waals surface area contributed by atoms with Crippen molar-refractivity contribution in [3.8, 4) is 0 Å². The van der Waals surface area contributed by atoms with Crippen molar-refractivity contribution in [3.05, 3.63) is 23.8 Å². The van der Waals surface area contributed by atoms with Gasteiger partial charge < -0.3 is 9.88 Å². The zero-order chi connectivity index (χ0) is 13.0. The van der Waals surface area contributed by atoms with Crippen molar-refractivity contribution < 1.29 is 4.79 Å². The quantitative estimate of drug-likeness (QED) is 0.741. The van der Waals surface area contributed by atoms with Crippen molar-refractivity contribution in [2.75, 3.05) is 6.54 Å². The van der Waals surface area contributed by atoms with E-state index in [4.69, 9.17) is 0 Å². The van der Waals surface area contributed by atoms with Crippen LogP contribution in [0.3, 0.4) is 0 Å². The molecule has 0 saturated carbocycles. The number of carbonyl (C=O) groups is 1. The predicted molar refractivity (Wildman–Crippen MR) is 62.8 cm³/mol. The number of aromatic amines is 1. The van der Waals surface area contributed by atoms with Crippen LogP contribution in [0.4, 0.5) is 0 Å². The average Bonchev–Trinajstić information content (AvgIpc) is 2.98.